The monoisotopic (exact) mass is 308 g/mol. The van der Waals surface area contributed by atoms with Gasteiger partial charge in [0.05, 0.1) is 5.88 Å². The largest absolute Gasteiger partial charge is 0.354 e. The summed E-state index contributed by atoms with van der Waals surface area (Å²) in [7, 11) is 0. The van der Waals surface area contributed by atoms with Crippen LogP contribution in [0.15, 0.2) is 12.1 Å². The molecular formula is C15H21ClN4O. The lowest BCUT2D eigenvalue weighted by atomic mass is 10.2. The molecule has 2 aromatic rings. The smallest absolute Gasteiger partial charge is 0.222 e. The third-order valence-electron chi connectivity index (χ3n) is 3.51. The maximum absolute atomic E-state index is 11.9. The van der Waals surface area contributed by atoms with Gasteiger partial charge in [0, 0.05) is 24.7 Å². The Balaban J connectivity index is 2.17. The van der Waals surface area contributed by atoms with Crippen LogP contribution in [0.2, 0.25) is 0 Å². The molecule has 2 aromatic heterocycles. The predicted octanol–water partition coefficient (Wildman–Crippen LogP) is 2.78. The summed E-state index contributed by atoms with van der Waals surface area (Å²) >= 11 is 5.95. The third-order valence-corrected chi connectivity index (χ3v) is 3.75. The van der Waals surface area contributed by atoms with Gasteiger partial charge in [-0.2, -0.15) is 0 Å². The standard InChI is InChI=1S/C15H21ClN4O/c1-4-10(2)17-14(21)7-8-20-13(9-16)19-12-6-5-11(3)18-15(12)20/h5-6,10H,4,7-9H2,1-3H3,(H,17,21). The minimum absolute atomic E-state index is 0.0411. The Labute approximate surface area is 129 Å². The van der Waals surface area contributed by atoms with Gasteiger partial charge in [0.2, 0.25) is 5.91 Å². The van der Waals surface area contributed by atoms with Gasteiger partial charge in [-0.05, 0) is 32.4 Å². The van der Waals surface area contributed by atoms with Crippen molar-refractivity contribution in [3.05, 3.63) is 23.7 Å². The van der Waals surface area contributed by atoms with Gasteiger partial charge in [-0.25, -0.2) is 9.97 Å². The van der Waals surface area contributed by atoms with Crippen molar-refractivity contribution in [3.8, 4) is 0 Å². The van der Waals surface area contributed by atoms with Crippen molar-refractivity contribution in [1.82, 2.24) is 19.9 Å². The number of halogens is 1. The second-order valence-electron chi connectivity index (χ2n) is 5.24. The van der Waals surface area contributed by atoms with E-state index in [1.54, 1.807) is 0 Å². The average molecular weight is 309 g/mol. The van der Waals surface area contributed by atoms with Gasteiger partial charge in [0.15, 0.2) is 5.65 Å². The number of rotatable bonds is 6. The number of imidazole rings is 1. The molecule has 1 N–H and O–H groups in total. The number of carbonyl (C=O) groups is 1. The fraction of sp³-hybridized carbons (Fsp3) is 0.533. The molecule has 0 saturated heterocycles. The number of nitrogens with one attached hydrogen (secondary N) is 1. The van der Waals surface area contributed by atoms with E-state index in [2.05, 4.69) is 15.3 Å². The number of aryl methyl sites for hydroxylation is 2. The third kappa shape index (κ3) is 3.73. The first-order valence-corrected chi connectivity index (χ1v) is 7.76. The van der Waals surface area contributed by atoms with Gasteiger partial charge in [0.25, 0.3) is 0 Å². The van der Waals surface area contributed by atoms with E-state index in [1.165, 1.54) is 0 Å². The Kier molecular flexibility index (Phi) is 5.17. The topological polar surface area (TPSA) is 59.8 Å². The quantitative estimate of drug-likeness (QED) is 0.835. The Morgan fingerprint density at radius 2 is 2.19 bits per heavy atom. The highest BCUT2D eigenvalue weighted by molar-refractivity contribution is 6.16. The van der Waals surface area contributed by atoms with E-state index in [4.69, 9.17) is 11.6 Å². The van der Waals surface area contributed by atoms with Gasteiger partial charge in [0.1, 0.15) is 11.3 Å². The second-order valence-corrected chi connectivity index (χ2v) is 5.50. The van der Waals surface area contributed by atoms with E-state index in [1.807, 2.05) is 37.5 Å². The number of pyridine rings is 1. The zero-order valence-electron chi connectivity index (χ0n) is 12.7. The molecule has 2 rings (SSSR count). The zero-order valence-corrected chi connectivity index (χ0v) is 13.4. The Hall–Kier alpha value is -1.62. The summed E-state index contributed by atoms with van der Waals surface area (Å²) in [5.41, 5.74) is 2.54. The summed E-state index contributed by atoms with van der Waals surface area (Å²) in [5, 5.41) is 2.96. The molecule has 0 radical (unpaired) electrons. The lowest BCUT2D eigenvalue weighted by Gasteiger charge is -2.12. The van der Waals surface area contributed by atoms with Crippen molar-refractivity contribution in [2.45, 2.75) is 52.1 Å². The van der Waals surface area contributed by atoms with Crippen molar-refractivity contribution in [2.24, 2.45) is 0 Å². The van der Waals surface area contributed by atoms with Crippen LogP contribution in [0.25, 0.3) is 11.2 Å². The molecule has 21 heavy (non-hydrogen) atoms. The average Bonchev–Trinajstić information content (AvgIpc) is 2.81. The molecule has 5 nitrogen and oxygen atoms in total. The molecule has 1 atom stereocenters. The molecule has 0 aliphatic carbocycles. The molecule has 0 fully saturated rings. The highest BCUT2D eigenvalue weighted by atomic mass is 35.5. The van der Waals surface area contributed by atoms with Crippen molar-refractivity contribution in [1.29, 1.82) is 0 Å². The van der Waals surface area contributed by atoms with Gasteiger partial charge >= 0.3 is 0 Å². The van der Waals surface area contributed by atoms with Gasteiger partial charge < -0.3 is 9.88 Å². The van der Waals surface area contributed by atoms with E-state index in [0.29, 0.717) is 18.8 Å². The molecule has 0 aliphatic heterocycles. The first-order valence-electron chi connectivity index (χ1n) is 7.23. The van der Waals surface area contributed by atoms with Crippen LogP contribution in [-0.2, 0) is 17.2 Å². The molecule has 0 bridgehead atoms. The normalized spacial score (nSPS) is 12.6. The van der Waals surface area contributed by atoms with E-state index in [-0.39, 0.29) is 11.9 Å². The molecule has 1 amide bonds. The van der Waals surface area contributed by atoms with E-state index in [0.717, 1.165) is 29.1 Å². The van der Waals surface area contributed by atoms with Crippen LogP contribution in [-0.4, -0.2) is 26.5 Å². The Morgan fingerprint density at radius 1 is 1.43 bits per heavy atom. The zero-order chi connectivity index (χ0) is 15.4. The highest BCUT2D eigenvalue weighted by Gasteiger charge is 2.13. The second kappa shape index (κ2) is 6.89. The minimum atomic E-state index is 0.0411. The van der Waals surface area contributed by atoms with Crippen LogP contribution in [0.5, 0.6) is 0 Å². The van der Waals surface area contributed by atoms with Crippen molar-refractivity contribution >= 4 is 28.7 Å². The summed E-state index contributed by atoms with van der Waals surface area (Å²) in [6.07, 6.45) is 1.32. The predicted molar refractivity (Wildman–Crippen MR) is 84.3 cm³/mol. The molecule has 0 aromatic carbocycles. The summed E-state index contributed by atoms with van der Waals surface area (Å²) in [6, 6.07) is 4.06. The fourth-order valence-electron chi connectivity index (χ4n) is 2.14. The maximum Gasteiger partial charge on any atom is 0.222 e. The molecular weight excluding hydrogens is 288 g/mol. The number of nitrogens with zero attached hydrogens (tertiary/aromatic N) is 3. The molecule has 114 valence electrons. The van der Waals surface area contributed by atoms with Crippen LogP contribution in [0.1, 0.15) is 38.2 Å². The van der Waals surface area contributed by atoms with Gasteiger partial charge in [-0.15, -0.1) is 11.6 Å². The van der Waals surface area contributed by atoms with Gasteiger partial charge in [-0.3, -0.25) is 4.79 Å². The molecule has 1 unspecified atom stereocenters. The number of aromatic nitrogens is 3. The number of fused-ring (bicyclic) bond motifs is 1. The van der Waals surface area contributed by atoms with Crippen molar-refractivity contribution in [2.75, 3.05) is 0 Å². The number of carbonyl (C=O) groups excluding carboxylic acids is 1. The summed E-state index contributed by atoms with van der Waals surface area (Å²) < 4.78 is 1.94. The first kappa shape index (κ1) is 15.8. The highest BCUT2D eigenvalue weighted by Crippen LogP contribution is 2.17. The maximum atomic E-state index is 11.9. The minimum Gasteiger partial charge on any atom is -0.354 e. The number of amides is 1. The Bertz CT molecular complexity index is 638. The lowest BCUT2D eigenvalue weighted by Crippen LogP contribution is -2.32. The van der Waals surface area contributed by atoms with Crippen LogP contribution in [0.4, 0.5) is 0 Å². The van der Waals surface area contributed by atoms with Crippen LogP contribution >= 0.6 is 11.6 Å². The first-order chi connectivity index (χ1) is 10.0. The summed E-state index contributed by atoms with van der Waals surface area (Å²) in [6.45, 7) is 6.52. The van der Waals surface area contributed by atoms with Crippen molar-refractivity contribution < 1.29 is 4.79 Å². The summed E-state index contributed by atoms with van der Waals surface area (Å²) in [4.78, 5) is 20.9. The molecule has 6 heteroatoms. The number of hydrogen-bond acceptors (Lipinski definition) is 3. The summed E-state index contributed by atoms with van der Waals surface area (Å²) in [5.74, 6) is 1.10. The fourth-order valence-corrected chi connectivity index (χ4v) is 2.35. The van der Waals surface area contributed by atoms with Crippen LogP contribution in [0, 0.1) is 6.92 Å². The molecule has 0 aliphatic rings. The molecule has 2 heterocycles. The van der Waals surface area contributed by atoms with Gasteiger partial charge in [-0.1, -0.05) is 6.92 Å². The molecule has 0 spiro atoms. The lowest BCUT2D eigenvalue weighted by molar-refractivity contribution is -0.121. The molecule has 0 saturated carbocycles. The number of alkyl halides is 1. The Morgan fingerprint density at radius 3 is 2.86 bits per heavy atom. The van der Waals surface area contributed by atoms with E-state index >= 15 is 0 Å². The van der Waals surface area contributed by atoms with E-state index < -0.39 is 0 Å². The van der Waals surface area contributed by atoms with Crippen LogP contribution in [0.3, 0.4) is 0 Å². The van der Waals surface area contributed by atoms with E-state index in [9.17, 15) is 4.79 Å². The SMILES string of the molecule is CCC(C)NC(=O)CCn1c(CCl)nc2ccc(C)nc21. The van der Waals surface area contributed by atoms with Crippen LogP contribution < -0.4 is 5.32 Å². The number of hydrogen-bond donors (Lipinski definition) is 1. The van der Waals surface area contributed by atoms with Crippen molar-refractivity contribution in [3.63, 3.8) is 0 Å².